The van der Waals surface area contributed by atoms with Crippen LogP contribution in [0.25, 0.3) is 22.5 Å². The summed E-state index contributed by atoms with van der Waals surface area (Å²) in [6.45, 7) is 3.18. The molecule has 0 spiro atoms. The second-order valence-electron chi connectivity index (χ2n) is 19.1. The molecule has 0 atom stereocenters. The van der Waals surface area contributed by atoms with Gasteiger partial charge in [-0.15, -0.1) is 26.3 Å². The van der Waals surface area contributed by atoms with Crippen molar-refractivity contribution in [3.05, 3.63) is 193 Å². The van der Waals surface area contributed by atoms with Gasteiger partial charge >= 0.3 is 12.7 Å². The van der Waals surface area contributed by atoms with Gasteiger partial charge in [0.1, 0.15) is 35.8 Å². The summed E-state index contributed by atoms with van der Waals surface area (Å²) in [6, 6.07) is 41.5. The highest BCUT2D eigenvalue weighted by atomic mass is 28.3. The molecule has 0 aliphatic heterocycles. The minimum absolute atomic E-state index is 0.0348. The fourth-order valence-corrected chi connectivity index (χ4v) is 9.86. The number of halogens is 6. The number of alkyl halides is 6. The number of nitrogens with zero attached hydrogens (tertiary/aromatic N) is 4. The zero-order valence-corrected chi connectivity index (χ0v) is 50.2. The van der Waals surface area contributed by atoms with E-state index in [4.69, 9.17) is 23.1 Å². The Balaban J connectivity index is 0.606. The van der Waals surface area contributed by atoms with Crippen LogP contribution in [0.2, 0.25) is 0 Å². The van der Waals surface area contributed by atoms with Gasteiger partial charge in [-0.1, -0.05) is 48.5 Å². The second-order valence-corrected chi connectivity index (χ2v) is 21.4. The molecule has 4 radical (unpaired) electrons. The van der Waals surface area contributed by atoms with Crippen LogP contribution in [0.4, 0.5) is 49.4 Å². The van der Waals surface area contributed by atoms with Crippen LogP contribution < -0.4 is 51.7 Å². The van der Waals surface area contributed by atoms with Gasteiger partial charge in [-0.3, -0.25) is 19.2 Å². The van der Waals surface area contributed by atoms with Crippen LogP contribution in [0.5, 0.6) is 11.5 Å². The Bertz CT molecular complexity index is 3400. The number of rotatable bonds is 34. The third-order valence-corrected chi connectivity index (χ3v) is 14.4. The standard InChI is InChI=1S/C62H58F6N10O11Si2/c63-61(64,65)87-49-15-11-47(12-16-49)77-55-37-53(73-39-75-55)43-3-1-5-45(35-43)59(81)71-25-29-85-33-31-83-27-23-69-57(79)41-7-19-51(20-8-41)90-89-91-52-21-9-42(10-22-52)58(80)70-24-28-84-32-34-86-30-26-72-60(82)46-6-2-4-44(36-46)54-38-56(76-40-74-54)78-48-13-17-50(18-14-48)88-62(66,67)68/h1-22,35-40H,23-34H2,(H,69,79)(H,70,80)(H,71,81)(H,72,82)(H,73,75,77)(H,74,76,78). The van der Waals surface area contributed by atoms with Gasteiger partial charge in [0.2, 0.25) is 0 Å². The number of ether oxygens (including phenoxy) is 6. The number of carbonyl (C=O) groups is 4. The number of amides is 4. The average Bonchev–Trinajstić information content (AvgIpc) is 1.45. The molecule has 472 valence electrons. The number of hydrogen-bond donors (Lipinski definition) is 6. The summed E-state index contributed by atoms with van der Waals surface area (Å²) < 4.78 is 111. The molecule has 0 saturated heterocycles. The van der Waals surface area contributed by atoms with Gasteiger partial charge < -0.3 is 64.4 Å². The number of carbonyl (C=O) groups excluding carboxylic acids is 4. The van der Waals surface area contributed by atoms with Gasteiger partial charge in [-0.25, -0.2) is 19.9 Å². The Morgan fingerprint density at radius 2 is 0.725 bits per heavy atom. The molecule has 2 heterocycles. The monoisotopic (exact) mass is 1290 g/mol. The topological polar surface area (TPSA) is 257 Å². The van der Waals surface area contributed by atoms with Crippen molar-refractivity contribution in [1.29, 1.82) is 0 Å². The van der Waals surface area contributed by atoms with Gasteiger partial charge in [-0.05, 0) is 107 Å². The van der Waals surface area contributed by atoms with Crippen molar-refractivity contribution in [3.63, 3.8) is 0 Å². The van der Waals surface area contributed by atoms with Crippen molar-refractivity contribution >= 4 is 76.5 Å². The van der Waals surface area contributed by atoms with E-state index in [9.17, 15) is 45.5 Å². The highest BCUT2D eigenvalue weighted by molar-refractivity contribution is 6.60. The van der Waals surface area contributed by atoms with Gasteiger partial charge in [0.05, 0.1) is 64.2 Å². The van der Waals surface area contributed by atoms with E-state index < -0.39 is 12.7 Å². The smallest absolute Gasteiger partial charge is 0.450 e. The predicted molar refractivity (Wildman–Crippen MR) is 325 cm³/mol. The average molecular weight is 1290 g/mol. The highest BCUT2D eigenvalue weighted by Gasteiger charge is 2.32. The maximum atomic E-state index is 12.9. The Labute approximate surface area is 522 Å². The van der Waals surface area contributed by atoms with Crippen LogP contribution >= 0.6 is 0 Å². The van der Waals surface area contributed by atoms with Crippen molar-refractivity contribution in [2.24, 2.45) is 0 Å². The van der Waals surface area contributed by atoms with Gasteiger partial charge in [0.25, 0.3) is 43.2 Å². The third kappa shape index (κ3) is 23.7. The molecule has 91 heavy (non-hydrogen) atoms. The van der Waals surface area contributed by atoms with Crippen molar-refractivity contribution in [3.8, 4) is 34.0 Å². The first-order valence-corrected chi connectivity index (χ1v) is 29.7. The zero-order chi connectivity index (χ0) is 64.3. The molecule has 0 saturated carbocycles. The molecule has 8 aromatic rings. The Morgan fingerprint density at radius 1 is 0.385 bits per heavy atom. The lowest BCUT2D eigenvalue weighted by Gasteiger charge is -2.11. The molecule has 6 N–H and O–H groups in total. The number of aromatic nitrogens is 4. The number of anilines is 4. The lowest BCUT2D eigenvalue weighted by Crippen LogP contribution is -2.29. The van der Waals surface area contributed by atoms with Crippen molar-refractivity contribution < 1.29 is 78.1 Å². The molecule has 0 fully saturated rings. The van der Waals surface area contributed by atoms with E-state index >= 15 is 0 Å². The van der Waals surface area contributed by atoms with Crippen LogP contribution in [0.3, 0.4) is 0 Å². The van der Waals surface area contributed by atoms with E-state index in [0.29, 0.717) is 67.8 Å². The molecule has 0 aliphatic rings. The highest BCUT2D eigenvalue weighted by Crippen LogP contribution is 2.29. The minimum atomic E-state index is -4.79. The molecule has 2 aromatic heterocycles. The van der Waals surface area contributed by atoms with E-state index in [-0.39, 0.29) is 134 Å². The summed E-state index contributed by atoms with van der Waals surface area (Å²) in [5.41, 5.74) is 5.01. The molecule has 21 nitrogen and oxygen atoms in total. The summed E-state index contributed by atoms with van der Waals surface area (Å²) in [5.74, 6) is -1.08. The molecule has 8 rings (SSSR count). The quantitative estimate of drug-likeness (QED) is 0.0130. The van der Waals surface area contributed by atoms with Gasteiger partial charge in [-0.2, -0.15) is 0 Å². The van der Waals surface area contributed by atoms with Crippen molar-refractivity contribution in [2.75, 3.05) is 89.7 Å². The van der Waals surface area contributed by atoms with E-state index in [1.807, 2.05) is 24.3 Å². The number of nitrogens with one attached hydrogen (secondary N) is 6. The van der Waals surface area contributed by atoms with Crippen LogP contribution in [-0.2, 0) is 23.1 Å². The van der Waals surface area contributed by atoms with Gasteiger partial charge in [0, 0.05) is 83.1 Å². The summed E-state index contributed by atoms with van der Waals surface area (Å²) in [5, 5.41) is 19.1. The first-order chi connectivity index (χ1) is 44.0. The van der Waals surface area contributed by atoms with E-state index in [1.165, 1.54) is 61.2 Å². The second kappa shape index (κ2) is 34.4. The maximum absolute atomic E-state index is 12.9. The Morgan fingerprint density at radius 3 is 1.07 bits per heavy atom. The third-order valence-electron chi connectivity index (χ3n) is 12.4. The van der Waals surface area contributed by atoms with Crippen LogP contribution in [-0.4, -0.2) is 155 Å². The molecule has 0 unspecified atom stereocenters. The molecular formula is C62H58F6N10O11Si2. The maximum Gasteiger partial charge on any atom is 0.573 e. The van der Waals surface area contributed by atoms with E-state index in [0.717, 1.165) is 10.4 Å². The van der Waals surface area contributed by atoms with Crippen LogP contribution in [0, 0.1) is 0 Å². The first-order valence-electron chi connectivity index (χ1n) is 27.9. The van der Waals surface area contributed by atoms with E-state index in [1.54, 1.807) is 84.9 Å². The lowest BCUT2D eigenvalue weighted by atomic mass is 10.1. The number of hydrogen-bond acceptors (Lipinski definition) is 17. The molecular weight excluding hydrogens is 1230 g/mol. The van der Waals surface area contributed by atoms with Crippen molar-refractivity contribution in [2.45, 2.75) is 12.7 Å². The Hall–Kier alpha value is -9.63. The molecule has 0 aliphatic carbocycles. The molecule has 0 bridgehead atoms. The zero-order valence-electron chi connectivity index (χ0n) is 48.2. The summed E-state index contributed by atoms with van der Waals surface area (Å²) in [7, 11) is 0.0696. The summed E-state index contributed by atoms with van der Waals surface area (Å²) >= 11 is 0. The molecule has 4 amide bonds. The van der Waals surface area contributed by atoms with Crippen molar-refractivity contribution in [1.82, 2.24) is 41.2 Å². The lowest BCUT2D eigenvalue weighted by molar-refractivity contribution is -0.275. The predicted octanol–water partition coefficient (Wildman–Crippen LogP) is 7.48. The van der Waals surface area contributed by atoms with Gasteiger partial charge in [0.15, 0.2) is 0 Å². The fourth-order valence-electron chi connectivity index (χ4n) is 8.10. The first kappa shape index (κ1) is 67.3. The molecule has 6 aromatic carbocycles. The summed E-state index contributed by atoms with van der Waals surface area (Å²) in [4.78, 5) is 68.1. The van der Waals surface area contributed by atoms with Crippen LogP contribution in [0.15, 0.2) is 170 Å². The summed E-state index contributed by atoms with van der Waals surface area (Å²) in [6.07, 6.45) is -6.93. The fraction of sp³-hybridized carbons (Fsp3) is 0.226. The van der Waals surface area contributed by atoms with Crippen LogP contribution in [0.1, 0.15) is 41.4 Å². The van der Waals surface area contributed by atoms with E-state index in [2.05, 4.69) is 61.3 Å². The molecule has 29 heteroatoms. The largest absolute Gasteiger partial charge is 0.573 e. The SMILES string of the molecule is O=C(NCCOCCOCCNC(=O)c1cccc(-c2cc(Nc3ccc(OC(F)(F)F)cc3)ncn2)c1)c1ccc([Si]O[Si]c2ccc(C(=O)NCCOCCOCCNC(=O)c3cccc(-c4cc(Nc5ccc(OC(F)(F)F)cc5)ncn4)c3)cc2)cc1. The number of benzene rings is 6. The Kier molecular flexibility index (Phi) is 25.4. The normalized spacial score (nSPS) is 11.3. The minimum Gasteiger partial charge on any atom is -0.450 e.